The molecule has 15 heteroatoms. The van der Waals surface area contributed by atoms with E-state index in [-0.39, 0.29) is 30.7 Å². The minimum absolute atomic E-state index is 0.0332. The molecule has 14 nitrogen and oxygen atoms in total. The Morgan fingerprint density at radius 3 is 2.82 bits per heavy atom. The van der Waals surface area contributed by atoms with Crippen LogP contribution in [0, 0.1) is 5.92 Å². The van der Waals surface area contributed by atoms with Crippen molar-refractivity contribution in [2.75, 3.05) is 25.6 Å². The van der Waals surface area contributed by atoms with Crippen LogP contribution in [0.15, 0.2) is 41.2 Å². The standard InChI is InChI=1S/C18H26N3O11P/c1-10-2-3-11(31-17(10)28-7-6-22)8-29-33(26,27)30-9-12-14(23)15(24)16(32-12)21-5-4-13(19)20-18(21)25/h2-5,8,10,12,14-17,22-24H,6-7,9H2,1H3,(H,26,27)(H2,19,20,25)/b11-8-/t10-,12-,14+,15?,16-,17?/m1/s1. The van der Waals surface area contributed by atoms with Crippen LogP contribution in [-0.4, -0.2) is 74.2 Å². The Morgan fingerprint density at radius 1 is 1.36 bits per heavy atom. The van der Waals surface area contributed by atoms with Gasteiger partial charge in [-0.05, 0) is 12.1 Å². The van der Waals surface area contributed by atoms with E-state index >= 15 is 0 Å². The van der Waals surface area contributed by atoms with Crippen molar-refractivity contribution in [2.24, 2.45) is 5.92 Å². The van der Waals surface area contributed by atoms with Crippen LogP contribution in [0.3, 0.4) is 0 Å². The summed E-state index contributed by atoms with van der Waals surface area (Å²) in [6.07, 6.45) is -1.03. The number of nitrogen functional groups attached to an aromatic ring is 1. The lowest BCUT2D eigenvalue weighted by Crippen LogP contribution is -2.36. The van der Waals surface area contributed by atoms with E-state index in [2.05, 4.69) is 4.98 Å². The number of aromatic nitrogens is 2. The second-order valence-corrected chi connectivity index (χ2v) is 8.68. The van der Waals surface area contributed by atoms with Crippen molar-refractivity contribution < 1.29 is 48.0 Å². The van der Waals surface area contributed by atoms with Crippen molar-refractivity contribution in [3.63, 3.8) is 0 Å². The molecule has 0 spiro atoms. The van der Waals surface area contributed by atoms with E-state index in [4.69, 9.17) is 34.1 Å². The summed E-state index contributed by atoms with van der Waals surface area (Å²) in [5.41, 5.74) is 4.61. The first-order valence-electron chi connectivity index (χ1n) is 9.91. The molecule has 1 aromatic rings. The summed E-state index contributed by atoms with van der Waals surface area (Å²) in [7, 11) is -4.66. The number of aliphatic hydroxyl groups excluding tert-OH is 3. The van der Waals surface area contributed by atoms with Crippen molar-refractivity contribution in [1.82, 2.24) is 9.55 Å². The van der Waals surface area contributed by atoms with Crippen LogP contribution in [0.5, 0.6) is 0 Å². The van der Waals surface area contributed by atoms with Gasteiger partial charge in [-0.25, -0.2) is 9.36 Å². The summed E-state index contributed by atoms with van der Waals surface area (Å²) in [4.78, 5) is 25.4. The largest absolute Gasteiger partial charge is 0.527 e. The van der Waals surface area contributed by atoms with Crippen LogP contribution >= 0.6 is 7.82 Å². The van der Waals surface area contributed by atoms with Crippen LogP contribution in [0.4, 0.5) is 5.82 Å². The lowest BCUT2D eigenvalue weighted by atomic mass is 10.1. The third-order valence-electron chi connectivity index (χ3n) is 4.79. The van der Waals surface area contributed by atoms with Crippen LogP contribution < -0.4 is 11.4 Å². The van der Waals surface area contributed by atoms with Gasteiger partial charge >= 0.3 is 13.5 Å². The first-order chi connectivity index (χ1) is 15.6. The quantitative estimate of drug-likeness (QED) is 0.207. The van der Waals surface area contributed by atoms with Gasteiger partial charge in [0.1, 0.15) is 30.4 Å². The highest BCUT2D eigenvalue weighted by Crippen LogP contribution is 2.45. The molecule has 0 aliphatic carbocycles. The molecule has 3 rings (SSSR count). The van der Waals surface area contributed by atoms with Crippen molar-refractivity contribution in [2.45, 2.75) is 37.8 Å². The molecule has 184 valence electrons. The maximum absolute atomic E-state index is 12.2. The molecule has 1 aromatic heterocycles. The zero-order valence-electron chi connectivity index (χ0n) is 17.5. The zero-order chi connectivity index (χ0) is 24.2. The highest BCUT2D eigenvalue weighted by atomic mass is 31.2. The molecule has 2 aliphatic rings. The molecule has 6 N–H and O–H groups in total. The molecular weight excluding hydrogens is 465 g/mol. The van der Waals surface area contributed by atoms with Gasteiger partial charge < -0.3 is 39.8 Å². The van der Waals surface area contributed by atoms with Crippen LogP contribution in [0.2, 0.25) is 0 Å². The van der Waals surface area contributed by atoms with Gasteiger partial charge in [-0.15, -0.1) is 0 Å². The number of hydrogen-bond donors (Lipinski definition) is 5. The normalized spacial score (nSPS) is 32.5. The average Bonchev–Trinajstić information content (AvgIpc) is 3.05. The molecule has 3 unspecified atom stereocenters. The van der Waals surface area contributed by atoms with Gasteiger partial charge in [0.15, 0.2) is 12.0 Å². The molecule has 3 heterocycles. The SMILES string of the molecule is C[C@@H]1C=C/C(=C/OP(=O)(O)OC[C@H]2O[C@@H](n3ccc(N)nc3=O)C(O)[C@H]2O)OC1OCCO. The van der Waals surface area contributed by atoms with Crippen LogP contribution in [0.1, 0.15) is 13.2 Å². The highest BCUT2D eigenvalue weighted by Gasteiger charge is 2.45. The number of allylic oxidation sites excluding steroid dienone is 1. The number of nitrogens with zero attached hydrogens (tertiary/aromatic N) is 2. The third-order valence-corrected chi connectivity index (χ3v) is 5.63. The second kappa shape index (κ2) is 10.8. The summed E-state index contributed by atoms with van der Waals surface area (Å²) >= 11 is 0. The number of rotatable bonds is 9. The number of hydrogen-bond acceptors (Lipinski definition) is 12. The molecule has 1 fully saturated rings. The van der Waals surface area contributed by atoms with E-state index in [9.17, 15) is 24.5 Å². The van der Waals surface area contributed by atoms with Crippen molar-refractivity contribution in [3.05, 3.63) is 46.9 Å². The fraction of sp³-hybridized carbons (Fsp3) is 0.556. The van der Waals surface area contributed by atoms with Gasteiger partial charge in [-0.1, -0.05) is 13.0 Å². The Morgan fingerprint density at radius 2 is 2.12 bits per heavy atom. The number of phosphoric acid groups is 1. The van der Waals surface area contributed by atoms with Gasteiger partial charge in [0.2, 0.25) is 6.29 Å². The van der Waals surface area contributed by atoms with Crippen molar-refractivity contribution >= 4 is 13.6 Å². The molecule has 7 atom stereocenters. The number of nitrogens with two attached hydrogens (primary N) is 1. The number of aliphatic hydroxyl groups is 3. The summed E-state index contributed by atoms with van der Waals surface area (Å²) in [6.45, 7) is 1.03. The first kappa shape index (κ1) is 25.3. The maximum atomic E-state index is 12.2. The Balaban J connectivity index is 1.57. The summed E-state index contributed by atoms with van der Waals surface area (Å²) in [6, 6.07) is 1.30. The third kappa shape index (κ3) is 6.40. The fourth-order valence-electron chi connectivity index (χ4n) is 3.07. The van der Waals surface area contributed by atoms with E-state index in [1.54, 1.807) is 6.08 Å². The summed E-state index contributed by atoms with van der Waals surface area (Å²) in [5, 5.41) is 29.3. The molecule has 1 saturated heterocycles. The molecule has 33 heavy (non-hydrogen) atoms. The topological polar surface area (TPSA) is 205 Å². The Kier molecular flexibility index (Phi) is 8.26. The minimum atomic E-state index is -4.66. The van der Waals surface area contributed by atoms with Gasteiger partial charge in [0.25, 0.3) is 0 Å². The molecule has 0 saturated carbocycles. The minimum Gasteiger partial charge on any atom is -0.461 e. The molecule has 0 amide bonds. The predicted octanol–water partition coefficient (Wildman–Crippen LogP) is -1.02. The van der Waals surface area contributed by atoms with Gasteiger partial charge in [0.05, 0.1) is 19.8 Å². The number of anilines is 1. The Bertz CT molecular complexity index is 984. The second-order valence-electron chi connectivity index (χ2n) is 7.28. The van der Waals surface area contributed by atoms with Crippen molar-refractivity contribution in [1.29, 1.82) is 0 Å². The lowest BCUT2D eigenvalue weighted by molar-refractivity contribution is -0.143. The lowest BCUT2D eigenvalue weighted by Gasteiger charge is -2.27. The van der Waals surface area contributed by atoms with E-state index in [0.29, 0.717) is 0 Å². The number of phosphoric ester groups is 1. The molecule has 2 aliphatic heterocycles. The van der Waals surface area contributed by atoms with Crippen molar-refractivity contribution in [3.8, 4) is 0 Å². The molecule has 0 bridgehead atoms. The Hall–Kier alpha value is -2.29. The van der Waals surface area contributed by atoms with E-state index in [1.165, 1.54) is 18.3 Å². The smallest absolute Gasteiger partial charge is 0.461 e. The number of ether oxygens (including phenoxy) is 3. The molecule has 0 aromatic carbocycles. The highest BCUT2D eigenvalue weighted by molar-refractivity contribution is 7.47. The average molecular weight is 491 g/mol. The fourth-order valence-corrected chi connectivity index (χ4v) is 3.71. The zero-order valence-corrected chi connectivity index (χ0v) is 18.4. The maximum Gasteiger partial charge on any atom is 0.527 e. The van der Waals surface area contributed by atoms with Gasteiger partial charge in [-0.2, -0.15) is 4.98 Å². The van der Waals surface area contributed by atoms with Crippen LogP contribution in [-0.2, 0) is 27.8 Å². The molecule has 0 radical (unpaired) electrons. The van der Waals surface area contributed by atoms with Gasteiger partial charge in [0, 0.05) is 12.1 Å². The van der Waals surface area contributed by atoms with Gasteiger partial charge in [-0.3, -0.25) is 14.0 Å². The van der Waals surface area contributed by atoms with E-state index in [0.717, 1.165) is 10.8 Å². The monoisotopic (exact) mass is 491 g/mol. The predicted molar refractivity (Wildman–Crippen MR) is 110 cm³/mol. The Labute approximate surface area is 188 Å². The summed E-state index contributed by atoms with van der Waals surface area (Å²) in [5.74, 6) is -0.0824. The summed E-state index contributed by atoms with van der Waals surface area (Å²) < 4.78 is 39.0. The first-order valence-corrected chi connectivity index (χ1v) is 11.4. The molecular formula is C18H26N3O11P. The van der Waals surface area contributed by atoms with E-state index in [1.807, 2.05) is 6.92 Å². The van der Waals surface area contributed by atoms with Crippen LogP contribution in [0.25, 0.3) is 0 Å². The van der Waals surface area contributed by atoms with E-state index < -0.39 is 50.9 Å².